The number of aryl methyl sites for hydroxylation is 3. The average Bonchev–Trinajstić information content (AvgIpc) is 3.14. The van der Waals surface area contributed by atoms with Gasteiger partial charge in [0.15, 0.2) is 5.96 Å². The third kappa shape index (κ3) is 6.47. The average molecular weight is 562 g/mol. The summed E-state index contributed by atoms with van der Waals surface area (Å²) in [6.07, 6.45) is 3.42. The molecule has 2 aromatic carbocycles. The van der Waals surface area contributed by atoms with Gasteiger partial charge in [-0.05, 0) is 50.8 Å². The standard InChI is InChI=1S/C26H35N5O.HI/c1-19-11-13-21(14-12-19)25-22(8-6-17-32-25)18-29-26(27-3)28-15-7-16-31-20(2)30-23-9-4-5-10-24(23)31;/h4-5,9-14,22,25H,6-8,15-18H2,1-3H3,(H2,27,28,29);1H. The first-order chi connectivity index (χ1) is 15.7. The summed E-state index contributed by atoms with van der Waals surface area (Å²) in [5.74, 6) is 2.35. The third-order valence-electron chi connectivity index (χ3n) is 6.30. The summed E-state index contributed by atoms with van der Waals surface area (Å²) in [4.78, 5) is 9.07. The number of nitrogens with zero attached hydrogens (tertiary/aromatic N) is 3. The van der Waals surface area contributed by atoms with Crippen molar-refractivity contribution in [3.63, 3.8) is 0 Å². The van der Waals surface area contributed by atoms with Gasteiger partial charge in [0.05, 0.1) is 17.1 Å². The minimum Gasteiger partial charge on any atom is -0.373 e. The number of imidazole rings is 1. The first-order valence-electron chi connectivity index (χ1n) is 11.7. The highest BCUT2D eigenvalue weighted by atomic mass is 127. The lowest BCUT2D eigenvalue weighted by Gasteiger charge is -2.32. The van der Waals surface area contributed by atoms with Crippen LogP contribution in [0.15, 0.2) is 53.5 Å². The summed E-state index contributed by atoms with van der Waals surface area (Å²) < 4.78 is 8.45. The molecule has 7 heteroatoms. The molecule has 0 radical (unpaired) electrons. The second-order valence-electron chi connectivity index (χ2n) is 8.64. The van der Waals surface area contributed by atoms with E-state index in [1.54, 1.807) is 0 Å². The van der Waals surface area contributed by atoms with Crippen molar-refractivity contribution >= 4 is 41.0 Å². The predicted molar refractivity (Wildman–Crippen MR) is 146 cm³/mol. The topological polar surface area (TPSA) is 63.5 Å². The third-order valence-corrected chi connectivity index (χ3v) is 6.30. The fourth-order valence-corrected chi connectivity index (χ4v) is 4.55. The highest BCUT2D eigenvalue weighted by Gasteiger charge is 2.27. The molecule has 1 aliphatic rings. The van der Waals surface area contributed by atoms with Gasteiger partial charge in [-0.1, -0.05) is 42.0 Å². The first kappa shape index (κ1) is 25.5. The Bertz CT molecular complexity index is 1050. The van der Waals surface area contributed by atoms with E-state index in [4.69, 9.17) is 4.74 Å². The number of hydrogen-bond acceptors (Lipinski definition) is 3. The van der Waals surface area contributed by atoms with Gasteiger partial charge in [-0.2, -0.15) is 0 Å². The number of rotatable bonds is 7. The van der Waals surface area contributed by atoms with Crippen molar-refractivity contribution in [2.24, 2.45) is 10.9 Å². The fraction of sp³-hybridized carbons (Fsp3) is 0.462. The molecule has 0 aliphatic carbocycles. The molecule has 0 bridgehead atoms. The van der Waals surface area contributed by atoms with Crippen LogP contribution in [0.5, 0.6) is 0 Å². The molecule has 1 saturated heterocycles. The van der Waals surface area contributed by atoms with Gasteiger partial charge in [-0.15, -0.1) is 24.0 Å². The van der Waals surface area contributed by atoms with Gasteiger partial charge >= 0.3 is 0 Å². The van der Waals surface area contributed by atoms with Crippen LogP contribution in [-0.2, 0) is 11.3 Å². The quantitative estimate of drug-likeness (QED) is 0.185. The van der Waals surface area contributed by atoms with Crippen molar-refractivity contribution in [2.75, 3.05) is 26.7 Å². The number of ether oxygens (including phenoxy) is 1. The smallest absolute Gasteiger partial charge is 0.190 e. The Morgan fingerprint density at radius 2 is 1.91 bits per heavy atom. The molecular weight excluding hydrogens is 525 g/mol. The zero-order valence-corrected chi connectivity index (χ0v) is 22.2. The summed E-state index contributed by atoms with van der Waals surface area (Å²) in [6, 6.07) is 17.1. The fourth-order valence-electron chi connectivity index (χ4n) is 4.55. The molecule has 2 unspecified atom stereocenters. The van der Waals surface area contributed by atoms with Gasteiger partial charge < -0.3 is 19.9 Å². The molecule has 1 aliphatic heterocycles. The van der Waals surface area contributed by atoms with Gasteiger partial charge in [0, 0.05) is 39.2 Å². The maximum atomic E-state index is 6.16. The van der Waals surface area contributed by atoms with Crippen LogP contribution < -0.4 is 10.6 Å². The van der Waals surface area contributed by atoms with Gasteiger partial charge in [-0.3, -0.25) is 4.99 Å². The minimum absolute atomic E-state index is 0. The van der Waals surface area contributed by atoms with Crippen LogP contribution in [0, 0.1) is 19.8 Å². The van der Waals surface area contributed by atoms with E-state index in [1.807, 2.05) is 13.1 Å². The molecule has 178 valence electrons. The number of benzene rings is 2. The molecular formula is C26H36IN5O. The SMILES string of the molecule is CN=C(NCCCn1c(C)nc2ccccc21)NCC1CCCOC1c1ccc(C)cc1.I. The Hall–Kier alpha value is -2.13. The maximum Gasteiger partial charge on any atom is 0.190 e. The van der Waals surface area contributed by atoms with E-state index in [9.17, 15) is 0 Å². The molecule has 3 aromatic rings. The van der Waals surface area contributed by atoms with E-state index < -0.39 is 0 Å². The van der Waals surface area contributed by atoms with Crippen LogP contribution in [0.1, 0.15) is 42.3 Å². The molecule has 1 aromatic heterocycles. The lowest BCUT2D eigenvalue weighted by molar-refractivity contribution is -0.0265. The number of nitrogens with one attached hydrogen (secondary N) is 2. The number of aromatic nitrogens is 2. The van der Waals surface area contributed by atoms with Crippen molar-refractivity contribution in [3.8, 4) is 0 Å². The van der Waals surface area contributed by atoms with Crippen LogP contribution in [0.2, 0.25) is 0 Å². The number of halogens is 1. The maximum absolute atomic E-state index is 6.16. The Morgan fingerprint density at radius 3 is 2.70 bits per heavy atom. The van der Waals surface area contributed by atoms with Crippen molar-refractivity contribution < 1.29 is 4.74 Å². The van der Waals surface area contributed by atoms with Crippen LogP contribution in [0.3, 0.4) is 0 Å². The highest BCUT2D eigenvalue weighted by Crippen LogP contribution is 2.33. The summed E-state index contributed by atoms with van der Waals surface area (Å²) in [7, 11) is 1.83. The van der Waals surface area contributed by atoms with Gasteiger partial charge in [0.25, 0.3) is 0 Å². The molecule has 33 heavy (non-hydrogen) atoms. The molecule has 4 rings (SSSR count). The molecule has 0 amide bonds. The lowest BCUT2D eigenvalue weighted by Crippen LogP contribution is -2.42. The largest absolute Gasteiger partial charge is 0.373 e. The number of guanidine groups is 1. The van der Waals surface area contributed by atoms with Crippen LogP contribution in [0.25, 0.3) is 11.0 Å². The predicted octanol–water partition coefficient (Wildman–Crippen LogP) is 4.99. The molecule has 2 heterocycles. The first-order valence-corrected chi connectivity index (χ1v) is 11.7. The van der Waals surface area contributed by atoms with Gasteiger partial charge in [0.2, 0.25) is 0 Å². The van der Waals surface area contributed by atoms with E-state index in [-0.39, 0.29) is 30.1 Å². The van der Waals surface area contributed by atoms with Crippen molar-refractivity contribution in [1.82, 2.24) is 20.2 Å². The number of fused-ring (bicyclic) bond motifs is 1. The van der Waals surface area contributed by atoms with E-state index >= 15 is 0 Å². The lowest BCUT2D eigenvalue weighted by atomic mass is 9.89. The molecule has 2 atom stereocenters. The van der Waals surface area contributed by atoms with E-state index in [0.29, 0.717) is 5.92 Å². The van der Waals surface area contributed by atoms with E-state index in [0.717, 1.165) is 62.8 Å². The normalized spacial score (nSPS) is 18.7. The molecule has 6 nitrogen and oxygen atoms in total. The van der Waals surface area contributed by atoms with Crippen molar-refractivity contribution in [3.05, 3.63) is 65.5 Å². The highest BCUT2D eigenvalue weighted by molar-refractivity contribution is 14.0. The molecule has 0 spiro atoms. The van der Waals surface area contributed by atoms with Crippen molar-refractivity contribution in [2.45, 2.75) is 45.8 Å². The van der Waals surface area contributed by atoms with Crippen LogP contribution >= 0.6 is 24.0 Å². The molecule has 0 saturated carbocycles. The summed E-state index contributed by atoms with van der Waals surface area (Å²) >= 11 is 0. The summed E-state index contributed by atoms with van der Waals surface area (Å²) in [6.45, 7) is 7.67. The van der Waals surface area contributed by atoms with Crippen molar-refractivity contribution in [1.29, 1.82) is 0 Å². The zero-order chi connectivity index (χ0) is 22.3. The Balaban J connectivity index is 0.00000306. The number of aliphatic imine (C=N–C) groups is 1. The monoisotopic (exact) mass is 561 g/mol. The molecule has 2 N–H and O–H groups in total. The Labute approximate surface area is 214 Å². The van der Waals surface area contributed by atoms with Gasteiger partial charge in [-0.25, -0.2) is 4.98 Å². The zero-order valence-electron chi connectivity index (χ0n) is 19.9. The second-order valence-corrected chi connectivity index (χ2v) is 8.64. The Morgan fingerprint density at radius 1 is 1.12 bits per heavy atom. The van der Waals surface area contributed by atoms with Crippen LogP contribution in [0.4, 0.5) is 0 Å². The summed E-state index contributed by atoms with van der Waals surface area (Å²) in [5, 5.41) is 6.99. The van der Waals surface area contributed by atoms with Gasteiger partial charge in [0.1, 0.15) is 5.82 Å². The minimum atomic E-state index is 0. The van der Waals surface area contributed by atoms with Crippen LogP contribution in [-0.4, -0.2) is 42.3 Å². The van der Waals surface area contributed by atoms with E-state index in [2.05, 4.69) is 81.5 Å². The van der Waals surface area contributed by atoms with E-state index in [1.165, 1.54) is 16.6 Å². The second kappa shape index (κ2) is 12.4. The summed E-state index contributed by atoms with van der Waals surface area (Å²) in [5.41, 5.74) is 4.82. The number of hydrogen-bond donors (Lipinski definition) is 2. The molecule has 1 fully saturated rings. The Kier molecular flexibility index (Phi) is 9.55. The number of para-hydroxylation sites is 2.